The lowest BCUT2D eigenvalue weighted by atomic mass is 10.1. The fraction of sp³-hybridized carbons (Fsp3) is 0.643. The van der Waals surface area contributed by atoms with E-state index in [9.17, 15) is 9.59 Å². The highest BCUT2D eigenvalue weighted by molar-refractivity contribution is 7.17. The number of thiazole rings is 1. The number of hydrogen-bond donors (Lipinski definition) is 1. The number of ether oxygens (including phenoxy) is 1. The van der Waals surface area contributed by atoms with Gasteiger partial charge in [-0.2, -0.15) is 0 Å². The summed E-state index contributed by atoms with van der Waals surface area (Å²) in [6.07, 6.45) is 6.05. The molecule has 5 nitrogen and oxygen atoms in total. The molecule has 0 fully saturated rings. The molecule has 0 aromatic carbocycles. The molecule has 0 bridgehead atoms. The van der Waals surface area contributed by atoms with Gasteiger partial charge in [0.1, 0.15) is 4.88 Å². The Labute approximate surface area is 123 Å². The molecule has 1 aromatic rings. The van der Waals surface area contributed by atoms with Crippen LogP contribution in [0.3, 0.4) is 0 Å². The molecule has 6 heteroatoms. The van der Waals surface area contributed by atoms with Gasteiger partial charge < -0.3 is 10.1 Å². The third kappa shape index (κ3) is 5.28. The van der Waals surface area contributed by atoms with Crippen LogP contribution in [0.25, 0.3) is 0 Å². The Morgan fingerprint density at radius 1 is 1.25 bits per heavy atom. The van der Waals surface area contributed by atoms with Crippen LogP contribution in [0, 0.1) is 6.92 Å². The van der Waals surface area contributed by atoms with Crippen LogP contribution in [0.15, 0.2) is 0 Å². The smallest absolute Gasteiger partial charge is 0.350 e. The number of esters is 1. The van der Waals surface area contributed by atoms with E-state index in [0.29, 0.717) is 22.1 Å². The van der Waals surface area contributed by atoms with Crippen molar-refractivity contribution in [1.82, 2.24) is 4.98 Å². The first kappa shape index (κ1) is 16.6. The lowest BCUT2D eigenvalue weighted by molar-refractivity contribution is -0.116. The van der Waals surface area contributed by atoms with E-state index < -0.39 is 5.97 Å². The molecule has 112 valence electrons. The van der Waals surface area contributed by atoms with E-state index in [4.69, 9.17) is 0 Å². The molecular formula is C14H22N2O3S. The van der Waals surface area contributed by atoms with Crippen molar-refractivity contribution in [2.45, 2.75) is 52.4 Å². The summed E-state index contributed by atoms with van der Waals surface area (Å²) in [7, 11) is 1.33. The summed E-state index contributed by atoms with van der Waals surface area (Å²) >= 11 is 1.15. The summed E-state index contributed by atoms with van der Waals surface area (Å²) in [5, 5.41) is 3.19. The van der Waals surface area contributed by atoms with Crippen molar-refractivity contribution in [3.05, 3.63) is 10.6 Å². The molecule has 0 radical (unpaired) electrons. The zero-order valence-corrected chi connectivity index (χ0v) is 13.1. The first-order valence-electron chi connectivity index (χ1n) is 6.94. The number of hydrogen-bond acceptors (Lipinski definition) is 5. The first-order valence-corrected chi connectivity index (χ1v) is 7.75. The Morgan fingerprint density at radius 2 is 1.95 bits per heavy atom. The van der Waals surface area contributed by atoms with Crippen LogP contribution >= 0.6 is 11.3 Å². The summed E-state index contributed by atoms with van der Waals surface area (Å²) in [5.74, 6) is -0.466. The molecule has 0 spiro atoms. The van der Waals surface area contributed by atoms with E-state index in [1.807, 2.05) is 0 Å². The van der Waals surface area contributed by atoms with Gasteiger partial charge in [-0.3, -0.25) is 4.79 Å². The van der Waals surface area contributed by atoms with Gasteiger partial charge in [-0.05, 0) is 13.3 Å². The largest absolute Gasteiger partial charge is 0.465 e. The van der Waals surface area contributed by atoms with Gasteiger partial charge in [-0.25, -0.2) is 9.78 Å². The summed E-state index contributed by atoms with van der Waals surface area (Å²) in [6.45, 7) is 3.89. The molecule has 0 aliphatic heterocycles. The van der Waals surface area contributed by atoms with E-state index in [0.717, 1.165) is 24.2 Å². The third-order valence-electron chi connectivity index (χ3n) is 2.92. The van der Waals surface area contributed by atoms with Gasteiger partial charge in [0.25, 0.3) is 0 Å². The van der Waals surface area contributed by atoms with Gasteiger partial charge in [0.05, 0.1) is 12.8 Å². The molecular weight excluding hydrogens is 276 g/mol. The van der Waals surface area contributed by atoms with E-state index >= 15 is 0 Å². The zero-order chi connectivity index (χ0) is 15.0. The number of nitrogens with zero attached hydrogens (tertiary/aromatic N) is 1. The fourth-order valence-electron chi connectivity index (χ4n) is 1.80. The summed E-state index contributed by atoms with van der Waals surface area (Å²) in [5.41, 5.74) is 0.583. The Morgan fingerprint density at radius 3 is 2.60 bits per heavy atom. The molecule has 0 aliphatic rings. The van der Waals surface area contributed by atoms with Crippen molar-refractivity contribution in [3.8, 4) is 0 Å². The number of anilines is 1. The Bertz CT molecular complexity index is 457. The maximum absolute atomic E-state index is 11.7. The predicted molar refractivity (Wildman–Crippen MR) is 80.2 cm³/mol. The second kappa shape index (κ2) is 8.68. The van der Waals surface area contributed by atoms with Crippen LogP contribution in [-0.4, -0.2) is 24.0 Å². The van der Waals surface area contributed by atoms with Gasteiger partial charge in [0, 0.05) is 6.42 Å². The summed E-state index contributed by atoms with van der Waals surface area (Å²) < 4.78 is 4.66. The number of unbranched alkanes of at least 4 members (excludes halogenated alkanes) is 4. The van der Waals surface area contributed by atoms with Crippen molar-refractivity contribution < 1.29 is 14.3 Å². The number of aryl methyl sites for hydroxylation is 1. The standard InChI is InChI=1S/C14H22N2O3S/c1-4-5-6-7-8-9-11(17)16-14-15-10(2)12(20-14)13(18)19-3/h4-9H2,1-3H3,(H,15,16,17). The fourth-order valence-corrected chi connectivity index (χ4v) is 2.70. The first-order chi connectivity index (χ1) is 9.58. The minimum atomic E-state index is -0.417. The van der Waals surface area contributed by atoms with Crippen molar-refractivity contribution >= 4 is 28.3 Å². The Balaban J connectivity index is 2.40. The molecule has 20 heavy (non-hydrogen) atoms. The van der Waals surface area contributed by atoms with Crippen LogP contribution in [0.4, 0.5) is 5.13 Å². The molecule has 0 aliphatic carbocycles. The van der Waals surface area contributed by atoms with Crippen molar-refractivity contribution in [2.24, 2.45) is 0 Å². The van der Waals surface area contributed by atoms with Crippen LogP contribution < -0.4 is 5.32 Å². The molecule has 0 unspecified atom stereocenters. The SMILES string of the molecule is CCCCCCCC(=O)Nc1nc(C)c(C(=O)OC)s1. The third-order valence-corrected chi connectivity index (χ3v) is 3.97. The predicted octanol–water partition coefficient (Wildman–Crippen LogP) is 3.54. The second-order valence-corrected chi connectivity index (χ2v) is 5.64. The number of methoxy groups -OCH3 is 1. The van der Waals surface area contributed by atoms with Crippen LogP contribution in [0.1, 0.15) is 60.8 Å². The van der Waals surface area contributed by atoms with Crippen molar-refractivity contribution in [1.29, 1.82) is 0 Å². The van der Waals surface area contributed by atoms with Crippen molar-refractivity contribution in [3.63, 3.8) is 0 Å². The molecule has 1 amide bonds. The average molecular weight is 298 g/mol. The molecule has 0 atom stereocenters. The minimum Gasteiger partial charge on any atom is -0.465 e. The van der Waals surface area contributed by atoms with Crippen molar-refractivity contribution in [2.75, 3.05) is 12.4 Å². The number of aromatic nitrogens is 1. The lowest BCUT2D eigenvalue weighted by Gasteiger charge is -2.01. The van der Waals surface area contributed by atoms with E-state index in [1.54, 1.807) is 6.92 Å². The molecule has 1 heterocycles. The van der Waals surface area contributed by atoms with Gasteiger partial charge in [-0.1, -0.05) is 43.9 Å². The normalized spacial score (nSPS) is 10.3. The Kier molecular flexibility index (Phi) is 7.22. The van der Waals surface area contributed by atoms with Gasteiger partial charge in [0.2, 0.25) is 5.91 Å². The molecule has 1 rings (SSSR count). The molecule has 0 saturated carbocycles. The molecule has 0 saturated heterocycles. The average Bonchev–Trinajstić information content (AvgIpc) is 2.78. The van der Waals surface area contributed by atoms with Gasteiger partial charge in [-0.15, -0.1) is 0 Å². The van der Waals surface area contributed by atoms with Gasteiger partial charge >= 0.3 is 5.97 Å². The van der Waals surface area contributed by atoms with Crippen LogP contribution in [0.5, 0.6) is 0 Å². The highest BCUT2D eigenvalue weighted by Crippen LogP contribution is 2.23. The van der Waals surface area contributed by atoms with Crippen LogP contribution in [-0.2, 0) is 9.53 Å². The maximum atomic E-state index is 11.7. The van der Waals surface area contributed by atoms with E-state index in [-0.39, 0.29) is 5.91 Å². The molecule has 1 aromatic heterocycles. The topological polar surface area (TPSA) is 68.3 Å². The number of nitrogens with one attached hydrogen (secondary N) is 1. The summed E-state index contributed by atoms with van der Waals surface area (Å²) in [4.78, 5) is 27.8. The van der Waals surface area contributed by atoms with E-state index in [1.165, 1.54) is 26.4 Å². The molecule has 1 N–H and O–H groups in total. The maximum Gasteiger partial charge on any atom is 0.350 e. The van der Waals surface area contributed by atoms with Crippen LogP contribution in [0.2, 0.25) is 0 Å². The lowest BCUT2D eigenvalue weighted by Crippen LogP contribution is -2.10. The number of rotatable bonds is 8. The zero-order valence-electron chi connectivity index (χ0n) is 12.3. The quantitative estimate of drug-likeness (QED) is 0.589. The van der Waals surface area contributed by atoms with E-state index in [2.05, 4.69) is 22.0 Å². The van der Waals surface area contributed by atoms with Gasteiger partial charge in [0.15, 0.2) is 5.13 Å². The highest BCUT2D eigenvalue weighted by atomic mass is 32.1. The second-order valence-electron chi connectivity index (χ2n) is 4.64. The summed E-state index contributed by atoms with van der Waals surface area (Å²) in [6, 6.07) is 0. The monoisotopic (exact) mass is 298 g/mol. The Hall–Kier alpha value is -1.43. The number of carbonyl (C=O) groups excluding carboxylic acids is 2. The number of amides is 1. The highest BCUT2D eigenvalue weighted by Gasteiger charge is 2.16. The number of carbonyl (C=O) groups is 2. The minimum absolute atomic E-state index is 0.0494.